The molecule has 1 nitrogen and oxygen atoms in total. The second-order valence-electron chi connectivity index (χ2n) is 4.18. The third kappa shape index (κ3) is 1.73. The van der Waals surface area contributed by atoms with Crippen molar-refractivity contribution in [2.24, 2.45) is 5.41 Å². The molecule has 1 saturated heterocycles. The van der Waals surface area contributed by atoms with Crippen LogP contribution < -0.4 is 5.32 Å². The van der Waals surface area contributed by atoms with E-state index in [4.69, 9.17) is 0 Å². The Hall–Kier alpha value is -0.890. The molecule has 1 aromatic carbocycles. The fraction of sp³-hybridized carbons (Fsp3) is 0.455. The van der Waals surface area contributed by atoms with E-state index in [0.29, 0.717) is 0 Å². The Morgan fingerprint density at radius 2 is 2.08 bits per heavy atom. The Morgan fingerprint density at radius 3 is 2.62 bits per heavy atom. The van der Waals surface area contributed by atoms with E-state index in [2.05, 4.69) is 12.2 Å². The molecule has 1 N–H and O–H groups in total. The van der Waals surface area contributed by atoms with Crippen molar-refractivity contribution in [1.29, 1.82) is 0 Å². The fourth-order valence-corrected chi connectivity index (χ4v) is 1.78. The van der Waals surface area contributed by atoms with E-state index >= 15 is 0 Å². The predicted octanol–water partition coefficient (Wildman–Crippen LogP) is 1.98. The molecular formula is C11H14FN. The molecule has 0 atom stereocenters. The van der Waals surface area contributed by atoms with Crippen LogP contribution >= 0.6 is 0 Å². The quantitative estimate of drug-likeness (QED) is 0.732. The van der Waals surface area contributed by atoms with Gasteiger partial charge in [-0.05, 0) is 23.5 Å². The SMILES string of the molecule is CC1(Cc2ccccc2F)CNC1. The highest BCUT2D eigenvalue weighted by atomic mass is 19.1. The maximum absolute atomic E-state index is 13.3. The zero-order valence-electron chi connectivity index (χ0n) is 7.81. The van der Waals surface area contributed by atoms with Crippen LogP contribution in [0.4, 0.5) is 4.39 Å². The highest BCUT2D eigenvalue weighted by molar-refractivity contribution is 5.19. The van der Waals surface area contributed by atoms with Gasteiger partial charge in [-0.2, -0.15) is 0 Å². The van der Waals surface area contributed by atoms with Crippen molar-refractivity contribution >= 4 is 0 Å². The Balaban J connectivity index is 2.13. The van der Waals surface area contributed by atoms with Gasteiger partial charge in [-0.3, -0.25) is 0 Å². The number of hydrogen-bond acceptors (Lipinski definition) is 1. The molecule has 70 valence electrons. The van der Waals surface area contributed by atoms with Gasteiger partial charge in [0.1, 0.15) is 5.82 Å². The van der Waals surface area contributed by atoms with Gasteiger partial charge in [-0.1, -0.05) is 25.1 Å². The Bertz CT molecular complexity index is 305. The number of benzene rings is 1. The zero-order chi connectivity index (χ0) is 9.31. The molecule has 0 amide bonds. The molecule has 1 aliphatic heterocycles. The van der Waals surface area contributed by atoms with E-state index in [1.807, 2.05) is 12.1 Å². The molecule has 1 heterocycles. The summed E-state index contributed by atoms with van der Waals surface area (Å²) < 4.78 is 13.3. The summed E-state index contributed by atoms with van der Waals surface area (Å²) in [4.78, 5) is 0. The van der Waals surface area contributed by atoms with Crippen molar-refractivity contribution in [3.8, 4) is 0 Å². The third-order valence-electron chi connectivity index (χ3n) is 2.68. The van der Waals surface area contributed by atoms with E-state index < -0.39 is 0 Å². The molecular weight excluding hydrogens is 165 g/mol. The van der Waals surface area contributed by atoms with Gasteiger partial charge >= 0.3 is 0 Å². The first kappa shape index (κ1) is 8.70. The maximum Gasteiger partial charge on any atom is 0.126 e. The van der Waals surface area contributed by atoms with Gasteiger partial charge in [-0.25, -0.2) is 4.39 Å². The predicted molar refractivity (Wildman–Crippen MR) is 51.1 cm³/mol. The van der Waals surface area contributed by atoms with Gasteiger partial charge in [0.2, 0.25) is 0 Å². The van der Waals surface area contributed by atoms with Gasteiger partial charge in [0.25, 0.3) is 0 Å². The molecule has 2 heteroatoms. The molecule has 2 rings (SSSR count). The average Bonchev–Trinajstić information content (AvgIpc) is 2.06. The van der Waals surface area contributed by atoms with Gasteiger partial charge < -0.3 is 5.32 Å². The van der Waals surface area contributed by atoms with Gasteiger partial charge in [0.05, 0.1) is 0 Å². The van der Waals surface area contributed by atoms with Crippen LogP contribution in [0.25, 0.3) is 0 Å². The summed E-state index contributed by atoms with van der Waals surface area (Å²) in [5.41, 5.74) is 1.11. The average molecular weight is 179 g/mol. The highest BCUT2D eigenvalue weighted by Crippen LogP contribution is 2.27. The Labute approximate surface area is 78.0 Å². The van der Waals surface area contributed by atoms with E-state index in [1.165, 1.54) is 6.07 Å². The fourth-order valence-electron chi connectivity index (χ4n) is 1.78. The maximum atomic E-state index is 13.3. The smallest absolute Gasteiger partial charge is 0.126 e. The summed E-state index contributed by atoms with van der Waals surface area (Å²) in [5.74, 6) is -0.0735. The normalized spacial score (nSPS) is 19.5. The van der Waals surface area contributed by atoms with Crippen LogP contribution in [0.5, 0.6) is 0 Å². The minimum absolute atomic E-state index is 0.0735. The molecule has 0 aliphatic carbocycles. The summed E-state index contributed by atoms with van der Waals surface area (Å²) in [6.07, 6.45) is 0.840. The molecule has 0 bridgehead atoms. The van der Waals surface area contributed by atoms with E-state index in [1.54, 1.807) is 6.07 Å². The van der Waals surface area contributed by atoms with Crippen LogP contribution in [-0.4, -0.2) is 13.1 Å². The molecule has 1 aliphatic rings. The van der Waals surface area contributed by atoms with Gasteiger partial charge in [0.15, 0.2) is 0 Å². The monoisotopic (exact) mass is 179 g/mol. The van der Waals surface area contributed by atoms with Gasteiger partial charge in [-0.15, -0.1) is 0 Å². The van der Waals surface area contributed by atoms with Crippen molar-refractivity contribution in [3.63, 3.8) is 0 Å². The molecule has 0 unspecified atom stereocenters. The highest BCUT2D eigenvalue weighted by Gasteiger charge is 2.32. The van der Waals surface area contributed by atoms with E-state index in [-0.39, 0.29) is 11.2 Å². The van der Waals surface area contributed by atoms with Crippen LogP contribution in [0, 0.1) is 11.2 Å². The lowest BCUT2D eigenvalue weighted by molar-refractivity contribution is 0.193. The second kappa shape index (κ2) is 3.11. The molecule has 13 heavy (non-hydrogen) atoms. The third-order valence-corrected chi connectivity index (χ3v) is 2.68. The molecule has 0 radical (unpaired) electrons. The van der Waals surface area contributed by atoms with Crippen molar-refractivity contribution in [2.75, 3.05) is 13.1 Å². The van der Waals surface area contributed by atoms with Crippen LogP contribution in [0.1, 0.15) is 12.5 Å². The lowest BCUT2D eigenvalue weighted by Gasteiger charge is -2.39. The molecule has 0 saturated carbocycles. The van der Waals surface area contributed by atoms with Crippen molar-refractivity contribution in [3.05, 3.63) is 35.6 Å². The summed E-state index contributed by atoms with van der Waals surface area (Å²) in [6, 6.07) is 7.04. The first-order valence-electron chi connectivity index (χ1n) is 4.64. The van der Waals surface area contributed by atoms with E-state index in [0.717, 1.165) is 25.1 Å². The number of halogens is 1. The van der Waals surface area contributed by atoms with Crippen molar-refractivity contribution in [2.45, 2.75) is 13.3 Å². The van der Waals surface area contributed by atoms with Crippen LogP contribution in [0.15, 0.2) is 24.3 Å². The molecule has 1 aromatic rings. The van der Waals surface area contributed by atoms with E-state index in [9.17, 15) is 4.39 Å². The molecule has 0 spiro atoms. The summed E-state index contributed by atoms with van der Waals surface area (Å²) in [7, 11) is 0. The van der Waals surface area contributed by atoms with Crippen molar-refractivity contribution < 1.29 is 4.39 Å². The first-order chi connectivity index (χ1) is 6.20. The topological polar surface area (TPSA) is 12.0 Å². The lowest BCUT2D eigenvalue weighted by Crippen LogP contribution is -2.52. The number of rotatable bonds is 2. The standard InChI is InChI=1S/C11H14FN/c1-11(7-13-8-11)6-9-4-2-3-5-10(9)12/h2-5,13H,6-8H2,1H3. The first-order valence-corrected chi connectivity index (χ1v) is 4.64. The van der Waals surface area contributed by atoms with Crippen LogP contribution in [0.2, 0.25) is 0 Å². The number of nitrogens with one attached hydrogen (secondary N) is 1. The zero-order valence-corrected chi connectivity index (χ0v) is 7.81. The Morgan fingerprint density at radius 1 is 1.38 bits per heavy atom. The van der Waals surface area contributed by atoms with Crippen molar-refractivity contribution in [1.82, 2.24) is 5.32 Å². The molecule has 0 aromatic heterocycles. The molecule has 1 fully saturated rings. The lowest BCUT2D eigenvalue weighted by atomic mass is 9.78. The summed E-state index contributed by atoms with van der Waals surface area (Å²) >= 11 is 0. The van der Waals surface area contributed by atoms with Gasteiger partial charge in [0, 0.05) is 13.1 Å². The minimum Gasteiger partial charge on any atom is -0.316 e. The van der Waals surface area contributed by atoms with Crippen LogP contribution in [0.3, 0.4) is 0 Å². The second-order valence-corrected chi connectivity index (χ2v) is 4.18. The summed E-state index contributed by atoms with van der Waals surface area (Å²) in [6.45, 7) is 4.19. The minimum atomic E-state index is -0.0735. The largest absolute Gasteiger partial charge is 0.316 e. The summed E-state index contributed by atoms with van der Waals surface area (Å²) in [5, 5.41) is 3.22. The Kier molecular flexibility index (Phi) is 2.08. The van der Waals surface area contributed by atoms with Crippen LogP contribution in [-0.2, 0) is 6.42 Å². The number of hydrogen-bond donors (Lipinski definition) is 1.